The van der Waals surface area contributed by atoms with E-state index < -0.39 is 10.0 Å². The zero-order chi connectivity index (χ0) is 25.7. The van der Waals surface area contributed by atoms with Gasteiger partial charge in [-0.3, -0.25) is 9.52 Å². The Hall–Kier alpha value is -3.90. The molecule has 0 unspecified atom stereocenters. The maximum Gasteiger partial charge on any atom is 0.263 e. The van der Waals surface area contributed by atoms with Crippen LogP contribution in [0.3, 0.4) is 0 Å². The van der Waals surface area contributed by atoms with Crippen LogP contribution in [0.4, 0.5) is 23.0 Å². The molecule has 36 heavy (non-hydrogen) atoms. The van der Waals surface area contributed by atoms with Crippen LogP contribution in [0.15, 0.2) is 71.6 Å². The van der Waals surface area contributed by atoms with Crippen molar-refractivity contribution < 1.29 is 22.7 Å². The highest BCUT2D eigenvalue weighted by atomic mass is 79.9. The fraction of sp³-hybridized carbons (Fsp3) is 0.125. The number of rotatable bonds is 9. The summed E-state index contributed by atoms with van der Waals surface area (Å²) in [6.45, 7) is 0. The second-order valence-corrected chi connectivity index (χ2v) is 9.69. The predicted molar refractivity (Wildman–Crippen MR) is 142 cm³/mol. The molecular weight excluding hydrogens is 550 g/mol. The number of hydrogen-bond donors (Lipinski definition) is 3. The molecule has 4 aromatic rings. The van der Waals surface area contributed by atoms with Crippen molar-refractivity contribution in [2.24, 2.45) is 0 Å². The third-order valence-corrected chi connectivity index (χ3v) is 6.81. The summed E-state index contributed by atoms with van der Waals surface area (Å²) in [5, 5.41) is 5.81. The number of carbonyl (C=O) groups is 1. The summed E-state index contributed by atoms with van der Waals surface area (Å²) in [6, 6.07) is 18.1. The first-order valence-electron chi connectivity index (χ1n) is 10.6. The quantitative estimate of drug-likeness (QED) is 0.250. The van der Waals surface area contributed by atoms with Gasteiger partial charge in [0.15, 0.2) is 11.6 Å². The molecule has 0 bridgehead atoms. The molecule has 4 rings (SSSR count). The van der Waals surface area contributed by atoms with E-state index in [4.69, 9.17) is 9.47 Å². The molecule has 0 saturated carbocycles. The number of halogens is 1. The van der Waals surface area contributed by atoms with Gasteiger partial charge in [0.2, 0.25) is 5.91 Å². The molecule has 0 fully saturated rings. The van der Waals surface area contributed by atoms with Gasteiger partial charge >= 0.3 is 0 Å². The van der Waals surface area contributed by atoms with Gasteiger partial charge < -0.3 is 20.1 Å². The molecule has 1 aromatic heterocycles. The number of benzene rings is 3. The number of carbonyl (C=O) groups excluding carboxylic acids is 1. The number of amides is 1. The lowest BCUT2D eigenvalue weighted by Gasteiger charge is -2.15. The van der Waals surface area contributed by atoms with Crippen molar-refractivity contribution in [2.75, 3.05) is 34.9 Å². The number of methoxy groups -OCH3 is 2. The van der Waals surface area contributed by atoms with Crippen molar-refractivity contribution >= 4 is 65.9 Å². The van der Waals surface area contributed by atoms with Gasteiger partial charge in [0, 0.05) is 29.6 Å². The largest absolute Gasteiger partial charge is 0.497 e. The van der Waals surface area contributed by atoms with Crippen LogP contribution in [0, 0.1) is 0 Å². The third kappa shape index (κ3) is 5.83. The van der Waals surface area contributed by atoms with E-state index in [9.17, 15) is 13.2 Å². The number of aromatic nitrogens is 2. The zero-order valence-corrected chi connectivity index (χ0v) is 21.7. The Kier molecular flexibility index (Phi) is 7.55. The van der Waals surface area contributed by atoms with Crippen LogP contribution in [-0.4, -0.2) is 43.8 Å². The second kappa shape index (κ2) is 10.8. The fourth-order valence-corrected chi connectivity index (χ4v) is 4.49. The van der Waals surface area contributed by atoms with Crippen molar-refractivity contribution in [1.82, 2.24) is 9.97 Å². The lowest BCUT2D eigenvalue weighted by atomic mass is 10.2. The molecule has 0 saturated heterocycles. The van der Waals surface area contributed by atoms with Crippen LogP contribution in [0.25, 0.3) is 11.0 Å². The number of anilines is 4. The Morgan fingerprint density at radius 1 is 0.861 bits per heavy atom. The molecule has 0 aliphatic rings. The molecule has 0 atom stereocenters. The topological polar surface area (TPSA) is 132 Å². The predicted octanol–water partition coefficient (Wildman–Crippen LogP) is 4.52. The fourth-order valence-electron chi connectivity index (χ4n) is 3.30. The summed E-state index contributed by atoms with van der Waals surface area (Å²) in [5.41, 5.74) is 1.96. The number of alkyl halides is 1. The molecule has 1 amide bonds. The Bertz CT molecular complexity index is 1510. The summed E-state index contributed by atoms with van der Waals surface area (Å²) < 4.78 is 39.7. The molecule has 186 valence electrons. The molecule has 0 aliphatic heterocycles. The van der Waals surface area contributed by atoms with Gasteiger partial charge in [-0.15, -0.1) is 0 Å². The SMILES string of the molecule is COc1cc(Nc2nc3ccccc3nc2NS(=O)(=O)c2cccc(NC(=O)CBr)c2)cc(OC)c1. The van der Waals surface area contributed by atoms with Crippen LogP contribution in [0.5, 0.6) is 11.5 Å². The molecule has 1 heterocycles. The van der Waals surface area contributed by atoms with Gasteiger partial charge in [-0.05, 0) is 30.3 Å². The van der Waals surface area contributed by atoms with E-state index >= 15 is 0 Å². The van der Waals surface area contributed by atoms with Crippen molar-refractivity contribution in [3.05, 3.63) is 66.7 Å². The number of nitrogens with one attached hydrogen (secondary N) is 3. The van der Waals surface area contributed by atoms with E-state index in [1.54, 1.807) is 42.5 Å². The molecule has 0 aliphatic carbocycles. The molecule has 12 heteroatoms. The number of ether oxygens (including phenoxy) is 2. The third-order valence-electron chi connectivity index (χ3n) is 4.97. The van der Waals surface area contributed by atoms with Crippen molar-refractivity contribution in [2.45, 2.75) is 4.90 Å². The number of para-hydroxylation sites is 2. The molecule has 3 N–H and O–H groups in total. The Morgan fingerprint density at radius 2 is 1.50 bits per heavy atom. The Balaban J connectivity index is 1.74. The van der Waals surface area contributed by atoms with E-state index in [1.165, 1.54) is 32.4 Å². The van der Waals surface area contributed by atoms with Crippen LogP contribution < -0.4 is 24.8 Å². The van der Waals surface area contributed by atoms with Gasteiger partial charge in [0.25, 0.3) is 10.0 Å². The van der Waals surface area contributed by atoms with Gasteiger partial charge in [-0.25, -0.2) is 18.4 Å². The summed E-state index contributed by atoms with van der Waals surface area (Å²) in [7, 11) is -1.03. The highest BCUT2D eigenvalue weighted by Crippen LogP contribution is 2.31. The Morgan fingerprint density at radius 3 is 2.11 bits per heavy atom. The van der Waals surface area contributed by atoms with E-state index in [0.29, 0.717) is 33.9 Å². The standard InChI is InChI=1S/C24H22BrN5O5S/c1-34-17-10-16(11-18(13-17)35-2)27-23-24(29-21-9-4-3-8-20(21)28-23)30-36(32,33)19-7-5-6-15(12-19)26-22(31)14-25/h3-13H,14H2,1-2H3,(H,26,31)(H,27,28)(H,29,30). The highest BCUT2D eigenvalue weighted by molar-refractivity contribution is 9.09. The van der Waals surface area contributed by atoms with Crippen molar-refractivity contribution in [1.29, 1.82) is 0 Å². The molecule has 10 nitrogen and oxygen atoms in total. The summed E-state index contributed by atoms with van der Waals surface area (Å²) in [5.74, 6) is 0.935. The Labute approximate surface area is 216 Å². The first-order chi connectivity index (χ1) is 17.3. The number of fused-ring (bicyclic) bond motifs is 1. The minimum Gasteiger partial charge on any atom is -0.497 e. The summed E-state index contributed by atoms with van der Waals surface area (Å²) >= 11 is 3.07. The van der Waals surface area contributed by atoms with E-state index in [0.717, 1.165) is 0 Å². The lowest BCUT2D eigenvalue weighted by Crippen LogP contribution is -2.17. The van der Waals surface area contributed by atoms with E-state index in [1.807, 2.05) is 6.07 Å². The number of hydrogen-bond acceptors (Lipinski definition) is 8. The first kappa shape index (κ1) is 25.2. The maximum absolute atomic E-state index is 13.3. The molecular formula is C24H22BrN5O5S. The lowest BCUT2D eigenvalue weighted by molar-refractivity contribution is -0.113. The molecule has 0 spiro atoms. The van der Waals surface area contributed by atoms with Crippen LogP contribution in [-0.2, 0) is 14.8 Å². The second-order valence-electron chi connectivity index (χ2n) is 7.45. The van der Waals surface area contributed by atoms with Crippen molar-refractivity contribution in [3.63, 3.8) is 0 Å². The smallest absolute Gasteiger partial charge is 0.263 e. The number of nitrogens with zero attached hydrogens (tertiary/aromatic N) is 2. The maximum atomic E-state index is 13.3. The van der Waals surface area contributed by atoms with Gasteiger partial charge in [0.1, 0.15) is 11.5 Å². The minimum atomic E-state index is -4.09. The summed E-state index contributed by atoms with van der Waals surface area (Å²) in [4.78, 5) is 20.7. The van der Waals surface area contributed by atoms with Gasteiger partial charge in [-0.1, -0.05) is 34.1 Å². The summed E-state index contributed by atoms with van der Waals surface area (Å²) in [6.07, 6.45) is 0. The molecule has 0 radical (unpaired) electrons. The van der Waals surface area contributed by atoms with Crippen molar-refractivity contribution in [3.8, 4) is 11.5 Å². The normalized spacial score (nSPS) is 11.1. The number of sulfonamides is 1. The minimum absolute atomic E-state index is 0.00890. The highest BCUT2D eigenvalue weighted by Gasteiger charge is 2.20. The van der Waals surface area contributed by atoms with E-state index in [2.05, 4.69) is 41.3 Å². The van der Waals surface area contributed by atoms with Crippen LogP contribution >= 0.6 is 15.9 Å². The average molecular weight is 572 g/mol. The van der Waals surface area contributed by atoms with Crippen LogP contribution in [0.2, 0.25) is 0 Å². The van der Waals surface area contributed by atoms with Gasteiger partial charge in [0.05, 0.1) is 35.5 Å². The molecule has 3 aromatic carbocycles. The monoisotopic (exact) mass is 571 g/mol. The zero-order valence-electron chi connectivity index (χ0n) is 19.3. The van der Waals surface area contributed by atoms with E-state index in [-0.39, 0.29) is 27.8 Å². The van der Waals surface area contributed by atoms with Gasteiger partial charge in [-0.2, -0.15) is 0 Å². The first-order valence-corrected chi connectivity index (χ1v) is 13.2. The average Bonchev–Trinajstić information content (AvgIpc) is 2.88. The van der Waals surface area contributed by atoms with Crippen LogP contribution in [0.1, 0.15) is 0 Å².